The molecule has 5 atom stereocenters. The molecule has 1 saturated carbocycles. The lowest BCUT2D eigenvalue weighted by Gasteiger charge is -2.34. The molecule has 0 radical (unpaired) electrons. The van der Waals surface area contributed by atoms with Gasteiger partial charge in [0.25, 0.3) is 0 Å². The van der Waals surface area contributed by atoms with Gasteiger partial charge in [0.05, 0.1) is 25.1 Å². The highest BCUT2D eigenvalue weighted by Crippen LogP contribution is 2.49. The van der Waals surface area contributed by atoms with E-state index in [9.17, 15) is 9.50 Å². The molecule has 3 aromatic rings. The van der Waals surface area contributed by atoms with E-state index in [2.05, 4.69) is 20.1 Å². The molecule has 0 amide bonds. The summed E-state index contributed by atoms with van der Waals surface area (Å²) in [7, 11) is 0. The van der Waals surface area contributed by atoms with Gasteiger partial charge in [-0.3, -0.25) is 4.90 Å². The standard InChI is InChI=1S/C34H35ClF3N5O3/c35-25-10-24-31(30(38)28(25)23-9-21(44)7-17-1-4-26(36)29(37)27(17)23)40-33(41-32(24)42-11-18-2-3-19(12-42)39-18)46-16-34(5-6-34)15-43-13-22-8-20(43)14-45-22/h1,4,7,10,18-20,22-23,39,44H,2-3,5-6,8-9,11-16H2/t18?,19?,20-,22-,23?/m0/s1. The molecule has 3 unspecified atom stereocenters. The number of piperazine rings is 1. The minimum Gasteiger partial charge on any atom is -0.512 e. The molecule has 46 heavy (non-hydrogen) atoms. The zero-order chi connectivity index (χ0) is 31.3. The van der Waals surface area contributed by atoms with Crippen LogP contribution in [-0.4, -0.2) is 83.6 Å². The predicted molar refractivity (Wildman–Crippen MR) is 167 cm³/mol. The van der Waals surface area contributed by atoms with Crippen molar-refractivity contribution in [1.82, 2.24) is 20.2 Å². The molecule has 9 rings (SSSR count). The number of halogens is 4. The average molecular weight is 654 g/mol. The van der Waals surface area contributed by atoms with Crippen LogP contribution in [0.15, 0.2) is 24.0 Å². The van der Waals surface area contributed by atoms with Crippen LogP contribution in [0.3, 0.4) is 0 Å². The van der Waals surface area contributed by atoms with Crippen LogP contribution in [0.25, 0.3) is 17.0 Å². The van der Waals surface area contributed by atoms with E-state index in [4.69, 9.17) is 26.1 Å². The summed E-state index contributed by atoms with van der Waals surface area (Å²) in [6.45, 7) is 4.47. The van der Waals surface area contributed by atoms with Gasteiger partial charge in [-0.15, -0.1) is 0 Å². The molecule has 4 saturated heterocycles. The Labute approximate surface area is 269 Å². The van der Waals surface area contributed by atoms with E-state index < -0.39 is 23.4 Å². The number of allylic oxidation sites excluding steroid dienone is 1. The molecular weight excluding hydrogens is 619 g/mol. The second-order valence-electron chi connectivity index (χ2n) is 14.2. The van der Waals surface area contributed by atoms with Crippen LogP contribution in [0.4, 0.5) is 19.0 Å². The molecule has 2 aliphatic carbocycles. The zero-order valence-corrected chi connectivity index (χ0v) is 26.0. The first-order valence-electron chi connectivity index (χ1n) is 16.3. The summed E-state index contributed by atoms with van der Waals surface area (Å²) in [5, 5.41) is 14.7. The maximum absolute atomic E-state index is 16.9. The number of nitrogens with zero attached hydrogens (tertiary/aromatic N) is 4. The highest BCUT2D eigenvalue weighted by Gasteiger charge is 2.49. The van der Waals surface area contributed by atoms with Crippen LogP contribution in [0.1, 0.15) is 61.1 Å². The maximum atomic E-state index is 16.9. The summed E-state index contributed by atoms with van der Waals surface area (Å²) in [5.41, 5.74) is 0.202. The monoisotopic (exact) mass is 653 g/mol. The lowest BCUT2D eigenvalue weighted by molar-refractivity contribution is 0.0176. The highest BCUT2D eigenvalue weighted by molar-refractivity contribution is 6.32. The van der Waals surface area contributed by atoms with Gasteiger partial charge in [-0.1, -0.05) is 17.7 Å². The lowest BCUT2D eigenvalue weighted by atomic mass is 9.80. The number of aliphatic hydroxyl groups excluding tert-OH is 1. The Hall–Kier alpha value is -3.12. The largest absolute Gasteiger partial charge is 0.512 e. The van der Waals surface area contributed by atoms with Crippen molar-refractivity contribution >= 4 is 34.4 Å². The summed E-state index contributed by atoms with van der Waals surface area (Å²) in [5.74, 6) is -3.47. The Balaban J connectivity index is 1.11. The number of ether oxygens (including phenoxy) is 2. The number of rotatable bonds is 7. The number of anilines is 1. The van der Waals surface area contributed by atoms with Gasteiger partial charge in [-0.05, 0) is 55.9 Å². The van der Waals surface area contributed by atoms with Gasteiger partial charge >= 0.3 is 6.01 Å². The van der Waals surface area contributed by atoms with Crippen molar-refractivity contribution in [3.63, 3.8) is 0 Å². The fourth-order valence-corrected chi connectivity index (χ4v) is 8.80. The van der Waals surface area contributed by atoms with E-state index in [1.54, 1.807) is 6.07 Å². The first-order chi connectivity index (χ1) is 22.2. The maximum Gasteiger partial charge on any atom is 0.319 e. The lowest BCUT2D eigenvalue weighted by Crippen LogP contribution is -2.51. The van der Waals surface area contributed by atoms with E-state index >= 15 is 8.78 Å². The number of fused-ring (bicyclic) bond motifs is 6. The van der Waals surface area contributed by atoms with Crippen molar-refractivity contribution in [2.24, 2.45) is 5.41 Å². The van der Waals surface area contributed by atoms with E-state index in [0.29, 0.717) is 55.1 Å². The fraction of sp³-hybridized carbons (Fsp3) is 0.529. The molecule has 1 aromatic heterocycles. The van der Waals surface area contributed by atoms with Gasteiger partial charge < -0.3 is 24.8 Å². The molecule has 4 bridgehead atoms. The van der Waals surface area contributed by atoms with Crippen LogP contribution in [0, 0.1) is 22.9 Å². The van der Waals surface area contributed by atoms with E-state index in [0.717, 1.165) is 57.9 Å². The first-order valence-corrected chi connectivity index (χ1v) is 16.7. The summed E-state index contributed by atoms with van der Waals surface area (Å²) in [6.07, 6.45) is 6.84. The SMILES string of the molecule is OC1=Cc2ccc(F)c(F)c2C(c2c(Cl)cc3c(N4CC5CCC(C4)N5)nc(OCC4(CN5C[C@@H]6C[C@H]5CO6)CC4)nc3c2F)C1. The van der Waals surface area contributed by atoms with Gasteiger partial charge in [0.15, 0.2) is 17.5 Å². The van der Waals surface area contributed by atoms with Gasteiger partial charge in [0.2, 0.25) is 0 Å². The minimum atomic E-state index is -1.09. The van der Waals surface area contributed by atoms with Crippen molar-refractivity contribution in [3.05, 3.63) is 63.1 Å². The summed E-state index contributed by atoms with van der Waals surface area (Å²) in [6, 6.07) is 5.14. The van der Waals surface area contributed by atoms with E-state index in [1.807, 2.05) is 0 Å². The van der Waals surface area contributed by atoms with Crippen LogP contribution in [-0.2, 0) is 4.74 Å². The Morgan fingerprint density at radius 3 is 2.59 bits per heavy atom. The van der Waals surface area contributed by atoms with E-state index in [1.165, 1.54) is 12.1 Å². The number of hydrogen-bond acceptors (Lipinski definition) is 8. The molecule has 6 aliphatic rings. The molecule has 5 fully saturated rings. The molecule has 2 N–H and O–H groups in total. The Bertz CT molecular complexity index is 1770. The number of morpholine rings is 1. The molecule has 4 aliphatic heterocycles. The van der Waals surface area contributed by atoms with Crippen molar-refractivity contribution in [1.29, 1.82) is 0 Å². The van der Waals surface area contributed by atoms with Crippen LogP contribution in [0.5, 0.6) is 6.01 Å². The predicted octanol–water partition coefficient (Wildman–Crippen LogP) is 5.71. The fourth-order valence-electron chi connectivity index (χ4n) is 8.47. The Kier molecular flexibility index (Phi) is 6.76. The molecule has 8 nitrogen and oxygen atoms in total. The third-order valence-corrected chi connectivity index (χ3v) is 11.3. The number of likely N-dealkylation sites (tertiary alicyclic amines) is 1. The molecule has 5 heterocycles. The summed E-state index contributed by atoms with van der Waals surface area (Å²) < 4.78 is 58.7. The first kappa shape index (κ1) is 29.1. The second kappa shape index (κ2) is 10.7. The minimum absolute atomic E-state index is 0.00190. The Morgan fingerprint density at radius 2 is 1.87 bits per heavy atom. The third kappa shape index (κ3) is 4.84. The number of aliphatic hydroxyl groups is 1. The quantitative estimate of drug-likeness (QED) is 0.336. The number of aromatic nitrogens is 2. The number of nitrogens with one attached hydrogen (secondary N) is 1. The van der Waals surface area contributed by atoms with E-state index in [-0.39, 0.29) is 50.8 Å². The molecule has 0 spiro atoms. The zero-order valence-electron chi connectivity index (χ0n) is 25.2. The van der Waals surface area contributed by atoms with Crippen molar-refractivity contribution in [3.8, 4) is 6.01 Å². The van der Waals surface area contributed by atoms with Crippen LogP contribution in [0.2, 0.25) is 5.02 Å². The second-order valence-corrected chi connectivity index (χ2v) is 14.6. The molecular formula is C34H35ClF3N5O3. The van der Waals surface area contributed by atoms with Gasteiger partial charge in [0.1, 0.15) is 11.3 Å². The third-order valence-electron chi connectivity index (χ3n) is 11.0. The van der Waals surface area contributed by atoms with Gasteiger partial charge in [-0.25, -0.2) is 13.2 Å². The normalized spacial score (nSPS) is 29.3. The number of hydrogen-bond donors (Lipinski definition) is 2. The molecule has 2 aromatic carbocycles. The average Bonchev–Trinajstić information content (AvgIpc) is 3.29. The number of benzene rings is 2. The molecule has 242 valence electrons. The smallest absolute Gasteiger partial charge is 0.319 e. The summed E-state index contributed by atoms with van der Waals surface area (Å²) >= 11 is 6.82. The van der Waals surface area contributed by atoms with Crippen LogP contribution >= 0.6 is 11.6 Å². The van der Waals surface area contributed by atoms with Crippen molar-refractivity contribution in [2.45, 2.75) is 68.7 Å². The van der Waals surface area contributed by atoms with Crippen molar-refractivity contribution in [2.75, 3.05) is 44.3 Å². The summed E-state index contributed by atoms with van der Waals surface area (Å²) in [4.78, 5) is 14.1. The van der Waals surface area contributed by atoms with Crippen LogP contribution < -0.4 is 15.0 Å². The highest BCUT2D eigenvalue weighted by atomic mass is 35.5. The topological polar surface area (TPSA) is 83.0 Å². The molecule has 12 heteroatoms. The van der Waals surface area contributed by atoms with Gasteiger partial charge in [-0.2, -0.15) is 9.97 Å². The van der Waals surface area contributed by atoms with Gasteiger partial charge in [0, 0.05) is 83.6 Å². The van der Waals surface area contributed by atoms with Crippen molar-refractivity contribution < 1.29 is 27.8 Å². The Morgan fingerprint density at radius 1 is 1.07 bits per heavy atom.